The Balaban J connectivity index is 1.90. The fourth-order valence-electron chi connectivity index (χ4n) is 1.45. The summed E-state index contributed by atoms with van der Waals surface area (Å²) in [6.07, 6.45) is 1.93. The number of hydrogen-bond acceptors (Lipinski definition) is 3. The number of carbonyl (C=O) groups excluding carboxylic acids is 2. The molecule has 1 aromatic rings. The predicted octanol–water partition coefficient (Wildman–Crippen LogP) is 0.540. The molecule has 0 heterocycles. The monoisotopic (exact) mass is 252 g/mol. The maximum Gasteiger partial charge on any atom is 0.255 e. The molecule has 3 N–H and O–H groups in total. The normalized spacial score (nSPS) is 14.1. The van der Waals surface area contributed by atoms with Gasteiger partial charge in [0.1, 0.15) is 11.6 Å². The van der Waals surface area contributed by atoms with E-state index in [2.05, 4.69) is 10.6 Å². The van der Waals surface area contributed by atoms with Crippen LogP contribution < -0.4 is 10.6 Å². The number of nitrogens with one attached hydrogen (secondary N) is 2. The Morgan fingerprint density at radius 1 is 1.39 bits per heavy atom. The predicted molar refractivity (Wildman–Crippen MR) is 61.6 cm³/mol. The zero-order valence-corrected chi connectivity index (χ0v) is 9.57. The Kier molecular flexibility index (Phi) is 3.45. The number of rotatable bonds is 4. The highest BCUT2D eigenvalue weighted by molar-refractivity contribution is 5.98. The van der Waals surface area contributed by atoms with Gasteiger partial charge in [-0.2, -0.15) is 0 Å². The first-order chi connectivity index (χ1) is 8.56. The molecule has 96 valence electrons. The van der Waals surface area contributed by atoms with Crippen molar-refractivity contribution in [2.24, 2.45) is 0 Å². The van der Waals surface area contributed by atoms with Gasteiger partial charge in [0, 0.05) is 6.04 Å². The standard InChI is InChI=1S/C12H13FN2O3/c13-7-1-4-10(16)9(5-7)12(18)14-6-11(17)15-8-2-3-8/h1,4-5,8,16H,2-3,6H2,(H,14,18)(H,15,17). The second kappa shape index (κ2) is 5.03. The third kappa shape index (κ3) is 3.19. The van der Waals surface area contributed by atoms with Gasteiger partial charge in [0.2, 0.25) is 5.91 Å². The van der Waals surface area contributed by atoms with Crippen LogP contribution in [-0.4, -0.2) is 29.5 Å². The summed E-state index contributed by atoms with van der Waals surface area (Å²) in [5, 5.41) is 14.4. The summed E-state index contributed by atoms with van der Waals surface area (Å²) in [6, 6.07) is 3.28. The third-order valence-corrected chi connectivity index (χ3v) is 2.56. The Bertz CT molecular complexity index is 486. The van der Waals surface area contributed by atoms with Gasteiger partial charge in [-0.1, -0.05) is 0 Å². The molecule has 1 aliphatic rings. The number of amides is 2. The van der Waals surface area contributed by atoms with E-state index in [1.165, 1.54) is 0 Å². The summed E-state index contributed by atoms with van der Waals surface area (Å²) in [7, 11) is 0. The Morgan fingerprint density at radius 2 is 2.11 bits per heavy atom. The molecule has 2 rings (SSSR count). The molecular formula is C12H13FN2O3. The zero-order chi connectivity index (χ0) is 13.1. The molecule has 1 fully saturated rings. The van der Waals surface area contributed by atoms with Crippen molar-refractivity contribution in [2.45, 2.75) is 18.9 Å². The van der Waals surface area contributed by atoms with Crippen molar-refractivity contribution in [3.05, 3.63) is 29.6 Å². The van der Waals surface area contributed by atoms with Crippen LogP contribution >= 0.6 is 0 Å². The van der Waals surface area contributed by atoms with Gasteiger partial charge in [-0.25, -0.2) is 4.39 Å². The van der Waals surface area contributed by atoms with Gasteiger partial charge in [-0.3, -0.25) is 9.59 Å². The SMILES string of the molecule is O=C(CNC(=O)c1cc(F)ccc1O)NC1CC1. The highest BCUT2D eigenvalue weighted by Crippen LogP contribution is 2.18. The first-order valence-corrected chi connectivity index (χ1v) is 5.62. The summed E-state index contributed by atoms with van der Waals surface area (Å²) < 4.78 is 12.9. The van der Waals surface area contributed by atoms with Crippen molar-refractivity contribution in [1.29, 1.82) is 0 Å². The Morgan fingerprint density at radius 3 is 2.78 bits per heavy atom. The maximum absolute atomic E-state index is 12.9. The number of phenols is 1. The van der Waals surface area contributed by atoms with Crippen molar-refractivity contribution < 1.29 is 19.1 Å². The number of hydrogen-bond donors (Lipinski definition) is 3. The first-order valence-electron chi connectivity index (χ1n) is 5.62. The molecule has 0 atom stereocenters. The van der Waals surface area contributed by atoms with Crippen LogP contribution in [0.5, 0.6) is 5.75 Å². The molecule has 1 aromatic carbocycles. The molecule has 1 aliphatic carbocycles. The molecule has 0 unspecified atom stereocenters. The summed E-state index contributed by atoms with van der Waals surface area (Å²) in [6.45, 7) is -0.189. The lowest BCUT2D eigenvalue weighted by molar-refractivity contribution is -0.120. The summed E-state index contributed by atoms with van der Waals surface area (Å²) in [5.41, 5.74) is -0.186. The fraction of sp³-hybridized carbons (Fsp3) is 0.333. The molecule has 0 saturated heterocycles. The van der Waals surface area contributed by atoms with Crippen molar-refractivity contribution in [1.82, 2.24) is 10.6 Å². The Hall–Kier alpha value is -2.11. The number of phenolic OH excluding ortho intramolecular Hbond substituents is 1. The van der Waals surface area contributed by atoms with Gasteiger partial charge in [0.25, 0.3) is 5.91 Å². The van der Waals surface area contributed by atoms with E-state index >= 15 is 0 Å². The molecule has 5 nitrogen and oxygen atoms in total. The molecule has 0 spiro atoms. The van der Waals surface area contributed by atoms with Crippen LogP contribution in [0, 0.1) is 5.82 Å². The van der Waals surface area contributed by atoms with Crippen LogP contribution in [-0.2, 0) is 4.79 Å². The summed E-state index contributed by atoms with van der Waals surface area (Å²) >= 11 is 0. The maximum atomic E-state index is 12.9. The lowest BCUT2D eigenvalue weighted by Gasteiger charge is -2.07. The average molecular weight is 252 g/mol. The van der Waals surface area contributed by atoms with Crippen molar-refractivity contribution in [2.75, 3.05) is 6.54 Å². The number of halogens is 1. The number of aromatic hydroxyl groups is 1. The van der Waals surface area contributed by atoms with Gasteiger partial charge in [0.05, 0.1) is 12.1 Å². The topological polar surface area (TPSA) is 78.4 Å². The number of benzene rings is 1. The highest BCUT2D eigenvalue weighted by Gasteiger charge is 2.23. The molecule has 0 radical (unpaired) electrons. The van der Waals surface area contributed by atoms with Gasteiger partial charge >= 0.3 is 0 Å². The Labute approximate surface area is 103 Å². The second-order valence-corrected chi connectivity index (χ2v) is 4.19. The molecule has 0 aliphatic heterocycles. The van der Waals surface area contributed by atoms with Crippen molar-refractivity contribution >= 4 is 11.8 Å². The second-order valence-electron chi connectivity index (χ2n) is 4.19. The smallest absolute Gasteiger partial charge is 0.255 e. The van der Waals surface area contributed by atoms with Gasteiger partial charge in [0.15, 0.2) is 0 Å². The highest BCUT2D eigenvalue weighted by atomic mass is 19.1. The minimum Gasteiger partial charge on any atom is -0.507 e. The average Bonchev–Trinajstić information content (AvgIpc) is 3.13. The minimum absolute atomic E-state index is 0.186. The van der Waals surface area contributed by atoms with Crippen LogP contribution in [0.2, 0.25) is 0 Å². The summed E-state index contributed by atoms with van der Waals surface area (Å²) in [4.78, 5) is 22.9. The molecule has 0 bridgehead atoms. The third-order valence-electron chi connectivity index (χ3n) is 2.56. The lowest BCUT2D eigenvalue weighted by Crippen LogP contribution is -2.37. The molecule has 1 saturated carbocycles. The van der Waals surface area contributed by atoms with E-state index in [1.54, 1.807) is 0 Å². The van der Waals surface area contributed by atoms with Crippen LogP contribution in [0.3, 0.4) is 0 Å². The molecule has 2 amide bonds. The van der Waals surface area contributed by atoms with E-state index in [1.807, 2.05) is 0 Å². The van der Waals surface area contributed by atoms with E-state index in [-0.39, 0.29) is 29.8 Å². The summed E-state index contributed by atoms with van der Waals surface area (Å²) in [5.74, 6) is -1.92. The lowest BCUT2D eigenvalue weighted by atomic mass is 10.2. The van der Waals surface area contributed by atoms with E-state index in [4.69, 9.17) is 0 Å². The van der Waals surface area contributed by atoms with Gasteiger partial charge in [-0.15, -0.1) is 0 Å². The molecule has 0 aromatic heterocycles. The van der Waals surface area contributed by atoms with Crippen LogP contribution in [0.1, 0.15) is 23.2 Å². The van der Waals surface area contributed by atoms with Gasteiger partial charge < -0.3 is 15.7 Å². The number of carbonyl (C=O) groups is 2. The van der Waals surface area contributed by atoms with Crippen LogP contribution in [0.15, 0.2) is 18.2 Å². The zero-order valence-electron chi connectivity index (χ0n) is 9.57. The van der Waals surface area contributed by atoms with E-state index in [9.17, 15) is 19.1 Å². The molecular weight excluding hydrogens is 239 g/mol. The first kappa shape index (κ1) is 12.3. The molecule has 18 heavy (non-hydrogen) atoms. The van der Waals surface area contributed by atoms with Gasteiger partial charge in [-0.05, 0) is 31.0 Å². The van der Waals surface area contributed by atoms with E-state index < -0.39 is 11.7 Å². The fourth-order valence-corrected chi connectivity index (χ4v) is 1.45. The van der Waals surface area contributed by atoms with Crippen molar-refractivity contribution in [3.8, 4) is 5.75 Å². The van der Waals surface area contributed by atoms with Crippen molar-refractivity contribution in [3.63, 3.8) is 0 Å². The van der Waals surface area contributed by atoms with E-state index in [0.717, 1.165) is 31.0 Å². The van der Waals surface area contributed by atoms with Crippen LogP contribution in [0.4, 0.5) is 4.39 Å². The largest absolute Gasteiger partial charge is 0.507 e. The van der Waals surface area contributed by atoms with Crippen LogP contribution in [0.25, 0.3) is 0 Å². The quantitative estimate of drug-likeness (QED) is 0.731. The minimum atomic E-state index is -0.682. The molecule has 6 heteroatoms. The van der Waals surface area contributed by atoms with E-state index in [0.29, 0.717) is 0 Å².